The summed E-state index contributed by atoms with van der Waals surface area (Å²) in [4.78, 5) is 26.2. The number of nitrogens with one attached hydrogen (secondary N) is 2. The van der Waals surface area contributed by atoms with Gasteiger partial charge in [-0.15, -0.1) is 0 Å². The molecule has 3 rings (SSSR count). The Morgan fingerprint density at radius 2 is 1.96 bits per heavy atom. The Kier molecular flexibility index (Phi) is 5.50. The van der Waals surface area contributed by atoms with Crippen molar-refractivity contribution in [1.29, 1.82) is 0 Å². The van der Waals surface area contributed by atoms with E-state index >= 15 is 0 Å². The van der Waals surface area contributed by atoms with Gasteiger partial charge in [0.1, 0.15) is 0 Å². The molecule has 0 bridgehead atoms. The summed E-state index contributed by atoms with van der Waals surface area (Å²) in [6.45, 7) is 1.25. The number of likely N-dealkylation sites (tertiary alicyclic amines) is 1. The van der Waals surface area contributed by atoms with E-state index in [1.54, 1.807) is 0 Å². The Balaban J connectivity index is 1.52. The van der Waals surface area contributed by atoms with Gasteiger partial charge in [-0.3, -0.25) is 14.5 Å². The van der Waals surface area contributed by atoms with E-state index < -0.39 is 11.7 Å². The van der Waals surface area contributed by atoms with E-state index in [0.29, 0.717) is 19.1 Å². The number of piperidine rings is 1. The Hall–Kier alpha value is -2.09. The summed E-state index contributed by atoms with van der Waals surface area (Å²) in [6, 6.07) is 4.87. The van der Waals surface area contributed by atoms with Crippen LogP contribution in [0.4, 0.5) is 18.9 Å². The van der Waals surface area contributed by atoms with Crippen molar-refractivity contribution in [1.82, 2.24) is 10.2 Å². The normalized spacial score (nSPS) is 21.3. The fraction of sp³-hybridized carbons (Fsp3) is 0.556. The summed E-state index contributed by atoms with van der Waals surface area (Å²) in [7, 11) is 0. The van der Waals surface area contributed by atoms with Crippen molar-refractivity contribution in [3.05, 3.63) is 29.8 Å². The second-order valence-corrected chi connectivity index (χ2v) is 6.98. The molecule has 2 N–H and O–H groups in total. The molecule has 1 aromatic carbocycles. The number of amides is 2. The van der Waals surface area contributed by atoms with Gasteiger partial charge >= 0.3 is 6.18 Å². The number of hydrogen-bond acceptors (Lipinski definition) is 3. The van der Waals surface area contributed by atoms with E-state index in [1.165, 1.54) is 12.1 Å². The van der Waals surface area contributed by atoms with Gasteiger partial charge in [0.05, 0.1) is 18.0 Å². The average molecular weight is 369 g/mol. The minimum atomic E-state index is -4.45. The molecule has 1 saturated heterocycles. The molecule has 5 nitrogen and oxygen atoms in total. The van der Waals surface area contributed by atoms with E-state index in [1.807, 2.05) is 4.90 Å². The van der Waals surface area contributed by atoms with Crippen molar-refractivity contribution in [2.45, 2.75) is 37.9 Å². The molecule has 142 valence electrons. The summed E-state index contributed by atoms with van der Waals surface area (Å²) in [5, 5.41) is 5.49. The summed E-state index contributed by atoms with van der Waals surface area (Å²) < 4.78 is 38.2. The van der Waals surface area contributed by atoms with Crippen LogP contribution < -0.4 is 10.6 Å². The zero-order chi connectivity index (χ0) is 18.7. The summed E-state index contributed by atoms with van der Waals surface area (Å²) >= 11 is 0. The first-order valence-corrected chi connectivity index (χ1v) is 8.81. The lowest BCUT2D eigenvalue weighted by Gasteiger charge is -2.31. The summed E-state index contributed by atoms with van der Waals surface area (Å²) in [5.74, 6) is -0.478. The van der Waals surface area contributed by atoms with E-state index in [2.05, 4.69) is 10.6 Å². The molecule has 2 amide bonds. The molecule has 1 aromatic rings. The van der Waals surface area contributed by atoms with Crippen molar-refractivity contribution < 1.29 is 22.8 Å². The van der Waals surface area contributed by atoms with E-state index in [-0.39, 0.29) is 30.0 Å². The highest BCUT2D eigenvalue weighted by atomic mass is 19.4. The number of benzene rings is 1. The number of rotatable bonds is 5. The first-order valence-electron chi connectivity index (χ1n) is 8.81. The van der Waals surface area contributed by atoms with Crippen LogP contribution in [-0.2, 0) is 15.8 Å². The maximum Gasteiger partial charge on any atom is 0.416 e. The second kappa shape index (κ2) is 7.65. The standard InChI is InChI=1S/C18H22F3N3O2/c19-18(20,21)13-4-1-5-15(9-13)22-16(25)11-24-8-2-3-12(10-24)17(26)23-14-6-7-14/h1,4-5,9,12,14H,2-3,6-8,10-11H2,(H,22,25)(H,23,26). The molecule has 1 aliphatic heterocycles. The number of hydrogen-bond donors (Lipinski definition) is 2. The molecule has 1 saturated carbocycles. The largest absolute Gasteiger partial charge is 0.416 e. The van der Waals surface area contributed by atoms with Crippen molar-refractivity contribution in [3.8, 4) is 0 Å². The number of carbonyl (C=O) groups excluding carboxylic acids is 2. The Bertz CT molecular complexity index is 674. The van der Waals surface area contributed by atoms with Gasteiger partial charge in [-0.2, -0.15) is 13.2 Å². The molecule has 0 radical (unpaired) electrons. The van der Waals surface area contributed by atoms with Crippen LogP contribution in [0.25, 0.3) is 0 Å². The van der Waals surface area contributed by atoms with Crippen LogP contribution in [-0.4, -0.2) is 42.4 Å². The lowest BCUT2D eigenvalue weighted by molar-refractivity contribution is -0.137. The highest BCUT2D eigenvalue weighted by Gasteiger charge is 2.32. The Morgan fingerprint density at radius 1 is 1.19 bits per heavy atom. The molecule has 26 heavy (non-hydrogen) atoms. The zero-order valence-corrected chi connectivity index (χ0v) is 14.3. The van der Waals surface area contributed by atoms with Crippen molar-refractivity contribution in [3.63, 3.8) is 0 Å². The molecule has 8 heteroatoms. The molecule has 2 aliphatic rings. The third-order valence-corrected chi connectivity index (χ3v) is 4.64. The molecule has 1 aliphatic carbocycles. The molecule has 0 aromatic heterocycles. The first kappa shape index (κ1) is 18.7. The van der Waals surface area contributed by atoms with Crippen LogP contribution >= 0.6 is 0 Å². The molecular weight excluding hydrogens is 347 g/mol. The fourth-order valence-corrected chi connectivity index (χ4v) is 3.14. The number of anilines is 1. The van der Waals surface area contributed by atoms with Crippen molar-refractivity contribution >= 4 is 17.5 Å². The molecule has 2 fully saturated rings. The minimum Gasteiger partial charge on any atom is -0.353 e. The van der Waals surface area contributed by atoms with Crippen LogP contribution in [0.1, 0.15) is 31.2 Å². The van der Waals surface area contributed by atoms with Gasteiger partial charge in [0.15, 0.2) is 0 Å². The molecule has 1 heterocycles. The number of alkyl halides is 3. The van der Waals surface area contributed by atoms with Crippen LogP contribution in [0.5, 0.6) is 0 Å². The predicted molar refractivity (Wildman–Crippen MR) is 90.4 cm³/mol. The first-order chi connectivity index (χ1) is 12.3. The van der Waals surface area contributed by atoms with E-state index in [0.717, 1.165) is 37.8 Å². The van der Waals surface area contributed by atoms with Crippen LogP contribution in [0, 0.1) is 5.92 Å². The smallest absolute Gasteiger partial charge is 0.353 e. The third-order valence-electron chi connectivity index (χ3n) is 4.64. The third kappa shape index (κ3) is 5.20. The number of carbonyl (C=O) groups is 2. The number of nitrogens with zero attached hydrogens (tertiary/aromatic N) is 1. The topological polar surface area (TPSA) is 61.4 Å². The second-order valence-electron chi connectivity index (χ2n) is 6.98. The van der Waals surface area contributed by atoms with Crippen molar-refractivity contribution in [2.24, 2.45) is 5.92 Å². The predicted octanol–water partition coefficient (Wildman–Crippen LogP) is 2.63. The monoisotopic (exact) mass is 369 g/mol. The quantitative estimate of drug-likeness (QED) is 0.839. The van der Waals surface area contributed by atoms with Crippen LogP contribution in [0.15, 0.2) is 24.3 Å². The maximum absolute atomic E-state index is 12.7. The highest BCUT2D eigenvalue weighted by Crippen LogP contribution is 2.30. The van der Waals surface area contributed by atoms with Crippen LogP contribution in [0.3, 0.4) is 0 Å². The lowest BCUT2D eigenvalue weighted by atomic mass is 9.97. The molecule has 1 unspecified atom stereocenters. The van der Waals surface area contributed by atoms with Gasteiger partial charge in [0.2, 0.25) is 11.8 Å². The fourth-order valence-electron chi connectivity index (χ4n) is 3.14. The van der Waals surface area contributed by atoms with E-state index in [9.17, 15) is 22.8 Å². The minimum absolute atomic E-state index is 0.0375. The van der Waals surface area contributed by atoms with Gasteiger partial charge in [-0.1, -0.05) is 6.07 Å². The maximum atomic E-state index is 12.7. The summed E-state index contributed by atoms with van der Waals surface area (Å²) in [6.07, 6.45) is -0.775. The molecule has 0 spiro atoms. The number of halogens is 3. The van der Waals surface area contributed by atoms with Gasteiger partial charge < -0.3 is 10.6 Å². The Morgan fingerprint density at radius 3 is 2.65 bits per heavy atom. The van der Waals surface area contributed by atoms with Gasteiger partial charge in [-0.05, 0) is 50.4 Å². The average Bonchev–Trinajstić information content (AvgIpc) is 3.38. The van der Waals surface area contributed by atoms with Crippen LogP contribution in [0.2, 0.25) is 0 Å². The SMILES string of the molecule is O=C(CN1CCCC(C(=O)NC2CC2)C1)Nc1cccc(C(F)(F)F)c1. The lowest BCUT2D eigenvalue weighted by Crippen LogP contribution is -2.45. The van der Waals surface area contributed by atoms with E-state index in [4.69, 9.17) is 0 Å². The summed E-state index contributed by atoms with van der Waals surface area (Å²) in [5.41, 5.74) is -0.685. The Labute approximate surface area is 149 Å². The van der Waals surface area contributed by atoms with Gasteiger partial charge in [0.25, 0.3) is 0 Å². The molecular formula is C18H22F3N3O2. The molecule has 1 atom stereocenters. The van der Waals surface area contributed by atoms with Crippen molar-refractivity contribution in [2.75, 3.05) is 25.0 Å². The highest BCUT2D eigenvalue weighted by molar-refractivity contribution is 5.92. The van der Waals surface area contributed by atoms with Gasteiger partial charge in [-0.25, -0.2) is 0 Å². The zero-order valence-electron chi connectivity index (χ0n) is 14.3. The van der Waals surface area contributed by atoms with Gasteiger partial charge in [0, 0.05) is 18.3 Å².